The normalized spacial score (nSPS) is 10.4. The molecule has 0 amide bonds. The summed E-state index contributed by atoms with van der Waals surface area (Å²) in [5.74, 6) is 0.848. The molecule has 2 rings (SSSR count). The van der Waals surface area contributed by atoms with Gasteiger partial charge in [0.25, 0.3) is 0 Å². The van der Waals surface area contributed by atoms with E-state index in [9.17, 15) is 0 Å². The molecule has 0 N–H and O–H groups in total. The lowest BCUT2D eigenvalue weighted by molar-refractivity contribution is 0.721. The van der Waals surface area contributed by atoms with Crippen molar-refractivity contribution in [2.45, 2.75) is 13.3 Å². The van der Waals surface area contributed by atoms with Crippen LogP contribution in [0.1, 0.15) is 12.5 Å². The van der Waals surface area contributed by atoms with E-state index >= 15 is 0 Å². The van der Waals surface area contributed by atoms with Gasteiger partial charge in [-0.2, -0.15) is 0 Å². The zero-order valence-corrected chi connectivity index (χ0v) is 9.98. The maximum Gasteiger partial charge on any atom is 0.192 e. The van der Waals surface area contributed by atoms with Crippen molar-refractivity contribution in [2.24, 2.45) is 0 Å². The second kappa shape index (κ2) is 4.13. The molecule has 0 atom stereocenters. The van der Waals surface area contributed by atoms with Crippen molar-refractivity contribution < 1.29 is 3.07 Å². The summed E-state index contributed by atoms with van der Waals surface area (Å²) in [7, 11) is 0. The second-order valence-corrected chi connectivity index (χ2v) is 3.54. The van der Waals surface area contributed by atoms with Gasteiger partial charge in [0.2, 0.25) is 0 Å². The summed E-state index contributed by atoms with van der Waals surface area (Å²) < 4.78 is 5.28. The SMILES string of the molecule is CCc1cc(OI)c2ncccc2c1. The number of pyridine rings is 1. The maximum absolute atomic E-state index is 5.28. The van der Waals surface area contributed by atoms with E-state index in [1.165, 1.54) is 5.56 Å². The Morgan fingerprint density at radius 2 is 2.29 bits per heavy atom. The molecule has 3 heteroatoms. The van der Waals surface area contributed by atoms with E-state index in [1.807, 2.05) is 35.1 Å². The molecule has 0 aliphatic heterocycles. The predicted octanol–water partition coefficient (Wildman–Crippen LogP) is 3.53. The van der Waals surface area contributed by atoms with Gasteiger partial charge < -0.3 is 3.07 Å². The summed E-state index contributed by atoms with van der Waals surface area (Å²) in [6.45, 7) is 2.13. The molecule has 0 aliphatic rings. The van der Waals surface area contributed by atoms with E-state index in [4.69, 9.17) is 3.07 Å². The largest absolute Gasteiger partial charge is 0.425 e. The number of rotatable bonds is 2. The zero-order valence-electron chi connectivity index (χ0n) is 7.83. The number of fused-ring (bicyclic) bond motifs is 1. The van der Waals surface area contributed by atoms with E-state index in [-0.39, 0.29) is 0 Å². The summed E-state index contributed by atoms with van der Waals surface area (Å²) >= 11 is 1.89. The summed E-state index contributed by atoms with van der Waals surface area (Å²) in [6.07, 6.45) is 2.80. The Kier molecular flexibility index (Phi) is 2.86. The summed E-state index contributed by atoms with van der Waals surface area (Å²) in [4.78, 5) is 4.30. The van der Waals surface area contributed by atoms with E-state index in [2.05, 4.69) is 24.0 Å². The standard InChI is InChI=1S/C11H10INO/c1-2-8-6-9-4-3-5-13-11(9)10(7-8)14-12/h3-7H,2H2,1H3. The van der Waals surface area contributed by atoms with Gasteiger partial charge >= 0.3 is 0 Å². The molecule has 0 fully saturated rings. The van der Waals surface area contributed by atoms with Crippen molar-refractivity contribution in [1.29, 1.82) is 0 Å². The molecule has 0 bridgehead atoms. The quantitative estimate of drug-likeness (QED) is 0.792. The predicted molar refractivity (Wildman–Crippen MR) is 65.8 cm³/mol. The van der Waals surface area contributed by atoms with Gasteiger partial charge in [-0.3, -0.25) is 4.98 Å². The van der Waals surface area contributed by atoms with Gasteiger partial charge in [-0.25, -0.2) is 0 Å². The Hall–Kier alpha value is -0.840. The van der Waals surface area contributed by atoms with Crippen LogP contribution in [0.3, 0.4) is 0 Å². The van der Waals surface area contributed by atoms with Crippen molar-refractivity contribution >= 4 is 33.9 Å². The smallest absolute Gasteiger partial charge is 0.192 e. The minimum atomic E-state index is 0.848. The van der Waals surface area contributed by atoms with Gasteiger partial charge in [-0.05, 0) is 30.2 Å². The highest BCUT2D eigenvalue weighted by Gasteiger charge is 2.04. The Balaban J connectivity index is 2.73. The van der Waals surface area contributed by atoms with Crippen LogP contribution in [0.25, 0.3) is 10.9 Å². The molecule has 1 heterocycles. The minimum absolute atomic E-state index is 0.848. The minimum Gasteiger partial charge on any atom is -0.425 e. The van der Waals surface area contributed by atoms with Crippen LogP contribution >= 0.6 is 23.0 Å². The molecule has 0 aliphatic carbocycles. The molecule has 0 unspecified atom stereocenters. The lowest BCUT2D eigenvalue weighted by Crippen LogP contribution is -1.86. The Bertz CT molecular complexity index is 456. The van der Waals surface area contributed by atoms with Gasteiger partial charge in [-0.15, -0.1) is 0 Å². The van der Waals surface area contributed by atoms with Crippen molar-refractivity contribution in [3.05, 3.63) is 36.0 Å². The van der Waals surface area contributed by atoms with Crippen molar-refractivity contribution in [3.8, 4) is 5.75 Å². The molecule has 2 nitrogen and oxygen atoms in total. The molecule has 1 aromatic heterocycles. The van der Waals surface area contributed by atoms with E-state index < -0.39 is 0 Å². The fourth-order valence-electron chi connectivity index (χ4n) is 1.48. The van der Waals surface area contributed by atoms with E-state index in [0.29, 0.717) is 0 Å². The highest BCUT2D eigenvalue weighted by atomic mass is 127. The first-order valence-electron chi connectivity index (χ1n) is 4.51. The first-order chi connectivity index (χ1) is 6.85. The lowest BCUT2D eigenvalue weighted by atomic mass is 10.1. The highest BCUT2D eigenvalue weighted by molar-refractivity contribution is 14.1. The Morgan fingerprint density at radius 1 is 1.43 bits per heavy atom. The number of aryl methyl sites for hydroxylation is 1. The highest BCUT2D eigenvalue weighted by Crippen LogP contribution is 2.27. The third-order valence-electron chi connectivity index (χ3n) is 2.22. The van der Waals surface area contributed by atoms with E-state index in [1.54, 1.807) is 6.20 Å². The van der Waals surface area contributed by atoms with Gasteiger partial charge in [0.1, 0.15) is 5.52 Å². The van der Waals surface area contributed by atoms with E-state index in [0.717, 1.165) is 23.1 Å². The number of halogens is 1. The fourth-order valence-corrected chi connectivity index (χ4v) is 1.82. The van der Waals surface area contributed by atoms with Crippen molar-refractivity contribution in [2.75, 3.05) is 0 Å². The average molecular weight is 299 g/mol. The topological polar surface area (TPSA) is 22.1 Å². The van der Waals surface area contributed by atoms with Crippen LogP contribution in [-0.4, -0.2) is 4.98 Å². The molecule has 0 saturated carbocycles. The first-order valence-corrected chi connectivity index (χ1v) is 5.39. The zero-order chi connectivity index (χ0) is 9.97. The van der Waals surface area contributed by atoms with Crippen LogP contribution in [0.4, 0.5) is 0 Å². The third kappa shape index (κ3) is 1.68. The van der Waals surface area contributed by atoms with Gasteiger partial charge in [0, 0.05) is 11.6 Å². The molecular formula is C11H10INO. The van der Waals surface area contributed by atoms with Crippen LogP contribution in [-0.2, 0) is 6.42 Å². The summed E-state index contributed by atoms with van der Waals surface area (Å²) in [5.41, 5.74) is 2.20. The molecule has 72 valence electrons. The number of nitrogens with zero attached hydrogens (tertiary/aromatic N) is 1. The van der Waals surface area contributed by atoms with Crippen LogP contribution in [0.5, 0.6) is 5.75 Å². The Morgan fingerprint density at radius 3 is 3.00 bits per heavy atom. The first kappa shape index (κ1) is 9.71. The molecule has 0 saturated heterocycles. The molecular weight excluding hydrogens is 289 g/mol. The number of hydrogen-bond donors (Lipinski definition) is 0. The number of benzene rings is 1. The number of hydrogen-bond acceptors (Lipinski definition) is 2. The average Bonchev–Trinajstić information content (AvgIpc) is 2.27. The van der Waals surface area contributed by atoms with Crippen LogP contribution < -0.4 is 3.07 Å². The van der Waals surface area contributed by atoms with Gasteiger partial charge in [-0.1, -0.05) is 13.0 Å². The Labute approximate surface area is 97.0 Å². The molecule has 2 aromatic rings. The van der Waals surface area contributed by atoms with Gasteiger partial charge in [0.15, 0.2) is 28.8 Å². The van der Waals surface area contributed by atoms with Crippen molar-refractivity contribution in [1.82, 2.24) is 4.98 Å². The number of aromatic nitrogens is 1. The summed E-state index contributed by atoms with van der Waals surface area (Å²) in [5, 5.41) is 1.14. The van der Waals surface area contributed by atoms with Crippen LogP contribution in [0.2, 0.25) is 0 Å². The monoisotopic (exact) mass is 299 g/mol. The second-order valence-electron chi connectivity index (χ2n) is 3.10. The molecule has 14 heavy (non-hydrogen) atoms. The van der Waals surface area contributed by atoms with Crippen LogP contribution in [0, 0.1) is 0 Å². The third-order valence-corrected chi connectivity index (χ3v) is 2.70. The lowest BCUT2D eigenvalue weighted by Gasteiger charge is -2.05. The molecule has 0 spiro atoms. The molecule has 1 aromatic carbocycles. The van der Waals surface area contributed by atoms with Crippen molar-refractivity contribution in [3.63, 3.8) is 0 Å². The fraction of sp³-hybridized carbons (Fsp3) is 0.182. The van der Waals surface area contributed by atoms with Gasteiger partial charge in [0.05, 0.1) is 0 Å². The maximum atomic E-state index is 5.28. The van der Waals surface area contributed by atoms with Crippen LogP contribution in [0.15, 0.2) is 30.5 Å². The molecule has 0 radical (unpaired) electrons. The summed E-state index contributed by atoms with van der Waals surface area (Å²) in [6, 6.07) is 8.20.